The minimum atomic E-state index is -0.370. The summed E-state index contributed by atoms with van der Waals surface area (Å²) in [6, 6.07) is 5.24. The summed E-state index contributed by atoms with van der Waals surface area (Å²) in [4.78, 5) is 0. The fourth-order valence-corrected chi connectivity index (χ4v) is 1.85. The molecule has 2 rings (SSSR count). The van der Waals surface area contributed by atoms with Crippen molar-refractivity contribution in [2.45, 2.75) is 26.0 Å². The number of methoxy groups -OCH3 is 1. The molecule has 0 fully saturated rings. The molecule has 1 aromatic carbocycles. The summed E-state index contributed by atoms with van der Waals surface area (Å²) in [7, 11) is 1.65. The van der Waals surface area contributed by atoms with Gasteiger partial charge >= 0.3 is 0 Å². The molecule has 0 amide bonds. The largest absolute Gasteiger partial charge is 0.398 e. The molecule has 0 aliphatic carbocycles. The Morgan fingerprint density at radius 1 is 1.42 bits per heavy atom. The molecule has 0 spiro atoms. The van der Waals surface area contributed by atoms with Crippen molar-refractivity contribution in [1.82, 2.24) is 20.2 Å². The van der Waals surface area contributed by atoms with Crippen molar-refractivity contribution in [3.8, 4) is 11.4 Å². The smallest absolute Gasteiger partial charge is 0.184 e. The molecule has 7 heteroatoms. The Bertz CT molecular complexity index is 581. The Hall–Kier alpha value is -1.66. The van der Waals surface area contributed by atoms with Crippen LogP contribution in [0.3, 0.4) is 0 Å². The Balaban J connectivity index is 2.39. The van der Waals surface area contributed by atoms with Gasteiger partial charge in [-0.25, -0.2) is 4.68 Å². The highest BCUT2D eigenvalue weighted by molar-refractivity contribution is 6.31. The van der Waals surface area contributed by atoms with E-state index in [4.69, 9.17) is 22.1 Å². The Morgan fingerprint density at radius 2 is 2.16 bits per heavy atom. The molecule has 6 nitrogen and oxygen atoms in total. The fourth-order valence-electron chi connectivity index (χ4n) is 1.67. The molecule has 0 aliphatic rings. The Morgan fingerprint density at radius 3 is 2.79 bits per heavy atom. The van der Waals surface area contributed by atoms with Gasteiger partial charge in [0, 0.05) is 23.4 Å². The molecular weight excluding hydrogens is 266 g/mol. The average molecular weight is 282 g/mol. The van der Waals surface area contributed by atoms with Gasteiger partial charge in [0.2, 0.25) is 0 Å². The van der Waals surface area contributed by atoms with Crippen LogP contribution >= 0.6 is 11.6 Å². The first-order valence-corrected chi connectivity index (χ1v) is 6.17. The van der Waals surface area contributed by atoms with Gasteiger partial charge in [-0.15, -0.1) is 5.10 Å². The summed E-state index contributed by atoms with van der Waals surface area (Å²) in [5.41, 5.74) is 6.88. The fraction of sp³-hybridized carbons (Fsp3) is 0.417. The number of nitrogen functional groups attached to an aromatic ring is 1. The zero-order chi connectivity index (χ0) is 14.0. The van der Waals surface area contributed by atoms with Gasteiger partial charge in [-0.2, -0.15) is 0 Å². The lowest BCUT2D eigenvalue weighted by Crippen LogP contribution is -2.30. The molecular formula is C12H16ClN5O. The molecule has 0 saturated heterocycles. The van der Waals surface area contributed by atoms with Crippen LogP contribution in [0.4, 0.5) is 5.69 Å². The molecule has 0 bridgehead atoms. The van der Waals surface area contributed by atoms with Crippen molar-refractivity contribution in [2.24, 2.45) is 0 Å². The number of ether oxygens (including phenoxy) is 1. The van der Waals surface area contributed by atoms with Crippen molar-refractivity contribution in [3.05, 3.63) is 23.2 Å². The number of halogens is 1. The van der Waals surface area contributed by atoms with E-state index in [0.717, 1.165) is 5.56 Å². The number of hydrogen-bond acceptors (Lipinski definition) is 5. The number of nitrogens with zero attached hydrogens (tertiary/aromatic N) is 4. The third-order valence-electron chi connectivity index (χ3n) is 2.87. The number of anilines is 1. The van der Waals surface area contributed by atoms with Gasteiger partial charge in [0.25, 0.3) is 0 Å². The van der Waals surface area contributed by atoms with Crippen LogP contribution in [0.1, 0.15) is 13.8 Å². The standard InChI is InChI=1S/C12H16ClN5O/c1-12(2,19-3)7-18-11(15-16-17-18)9-5-4-8(13)6-10(9)14/h4-6H,7,14H2,1-3H3. The predicted molar refractivity (Wildman–Crippen MR) is 73.8 cm³/mol. The second kappa shape index (κ2) is 5.14. The zero-order valence-electron chi connectivity index (χ0n) is 11.1. The molecule has 2 aromatic rings. The first-order chi connectivity index (χ1) is 8.93. The van der Waals surface area contributed by atoms with E-state index in [1.807, 2.05) is 13.8 Å². The third kappa shape index (κ3) is 3.02. The Labute approximate surface area is 116 Å². The summed E-state index contributed by atoms with van der Waals surface area (Å²) in [6.45, 7) is 4.45. The lowest BCUT2D eigenvalue weighted by atomic mass is 10.1. The van der Waals surface area contributed by atoms with Crippen LogP contribution in [0.2, 0.25) is 5.02 Å². The number of aromatic nitrogens is 4. The zero-order valence-corrected chi connectivity index (χ0v) is 11.8. The predicted octanol–water partition coefficient (Wildman–Crippen LogP) is 2.00. The summed E-state index contributed by atoms with van der Waals surface area (Å²) in [6.07, 6.45) is 0. The minimum absolute atomic E-state index is 0.370. The van der Waals surface area contributed by atoms with Crippen molar-refractivity contribution in [2.75, 3.05) is 12.8 Å². The van der Waals surface area contributed by atoms with E-state index < -0.39 is 0 Å². The highest BCUT2D eigenvalue weighted by atomic mass is 35.5. The van der Waals surface area contributed by atoms with Crippen LogP contribution in [0.5, 0.6) is 0 Å². The molecule has 2 N–H and O–H groups in total. The maximum Gasteiger partial charge on any atom is 0.184 e. The van der Waals surface area contributed by atoms with Crippen molar-refractivity contribution < 1.29 is 4.74 Å². The maximum atomic E-state index is 5.95. The molecule has 0 atom stereocenters. The molecule has 19 heavy (non-hydrogen) atoms. The van der Waals surface area contributed by atoms with E-state index in [1.54, 1.807) is 30.0 Å². The number of nitrogens with two attached hydrogens (primary N) is 1. The van der Waals surface area contributed by atoms with E-state index in [2.05, 4.69) is 15.5 Å². The van der Waals surface area contributed by atoms with E-state index in [0.29, 0.717) is 23.1 Å². The van der Waals surface area contributed by atoms with Crippen LogP contribution in [0.15, 0.2) is 18.2 Å². The van der Waals surface area contributed by atoms with Crippen molar-refractivity contribution in [3.63, 3.8) is 0 Å². The summed E-state index contributed by atoms with van der Waals surface area (Å²) < 4.78 is 7.05. The van der Waals surface area contributed by atoms with Gasteiger partial charge in [-0.1, -0.05) is 11.6 Å². The van der Waals surface area contributed by atoms with Crippen LogP contribution in [0, 0.1) is 0 Å². The quantitative estimate of drug-likeness (QED) is 0.867. The van der Waals surface area contributed by atoms with Gasteiger partial charge < -0.3 is 10.5 Å². The molecule has 1 aromatic heterocycles. The average Bonchev–Trinajstić information content (AvgIpc) is 2.76. The number of rotatable bonds is 4. The molecule has 0 aliphatic heterocycles. The van der Waals surface area contributed by atoms with Gasteiger partial charge in [-0.05, 0) is 42.5 Å². The van der Waals surface area contributed by atoms with Crippen LogP contribution in [-0.4, -0.2) is 32.9 Å². The monoisotopic (exact) mass is 281 g/mol. The maximum absolute atomic E-state index is 5.95. The van der Waals surface area contributed by atoms with Gasteiger partial charge in [-0.3, -0.25) is 0 Å². The molecule has 1 heterocycles. The summed E-state index contributed by atoms with van der Waals surface area (Å²) in [5.74, 6) is 0.597. The minimum Gasteiger partial charge on any atom is -0.398 e. The highest BCUT2D eigenvalue weighted by Gasteiger charge is 2.21. The van der Waals surface area contributed by atoms with E-state index in [9.17, 15) is 0 Å². The lowest BCUT2D eigenvalue weighted by Gasteiger charge is -2.22. The second-order valence-electron chi connectivity index (χ2n) is 4.86. The molecule has 0 saturated carbocycles. The van der Waals surface area contributed by atoms with Gasteiger partial charge in [0.15, 0.2) is 5.82 Å². The van der Waals surface area contributed by atoms with Gasteiger partial charge in [0.1, 0.15) is 0 Å². The summed E-state index contributed by atoms with van der Waals surface area (Å²) in [5, 5.41) is 12.3. The lowest BCUT2D eigenvalue weighted by molar-refractivity contribution is 0.00539. The van der Waals surface area contributed by atoms with E-state index in [-0.39, 0.29) is 5.60 Å². The molecule has 0 radical (unpaired) electrons. The summed E-state index contributed by atoms with van der Waals surface area (Å²) >= 11 is 5.89. The first-order valence-electron chi connectivity index (χ1n) is 5.80. The number of benzene rings is 1. The van der Waals surface area contributed by atoms with Gasteiger partial charge in [0.05, 0.1) is 12.1 Å². The number of hydrogen-bond donors (Lipinski definition) is 1. The molecule has 0 unspecified atom stereocenters. The molecule has 102 valence electrons. The van der Waals surface area contributed by atoms with Crippen LogP contribution < -0.4 is 5.73 Å². The van der Waals surface area contributed by atoms with E-state index in [1.165, 1.54) is 0 Å². The highest BCUT2D eigenvalue weighted by Crippen LogP contribution is 2.27. The van der Waals surface area contributed by atoms with Crippen molar-refractivity contribution >= 4 is 17.3 Å². The van der Waals surface area contributed by atoms with Crippen LogP contribution in [0.25, 0.3) is 11.4 Å². The van der Waals surface area contributed by atoms with Crippen LogP contribution in [-0.2, 0) is 11.3 Å². The first kappa shape index (κ1) is 13.8. The number of tetrazole rings is 1. The Kier molecular flexibility index (Phi) is 3.73. The topological polar surface area (TPSA) is 78.8 Å². The SMILES string of the molecule is COC(C)(C)Cn1nnnc1-c1ccc(Cl)cc1N. The van der Waals surface area contributed by atoms with E-state index >= 15 is 0 Å². The second-order valence-corrected chi connectivity index (χ2v) is 5.29. The van der Waals surface area contributed by atoms with Crippen molar-refractivity contribution in [1.29, 1.82) is 0 Å². The third-order valence-corrected chi connectivity index (χ3v) is 3.10. The normalized spacial score (nSPS) is 11.8.